The number of benzene rings is 3. The topological polar surface area (TPSA) is 111 Å². The van der Waals surface area contributed by atoms with Gasteiger partial charge in [0.2, 0.25) is 11.9 Å². The normalized spacial score (nSPS) is 21.8. The second-order valence-corrected chi connectivity index (χ2v) is 11.6. The summed E-state index contributed by atoms with van der Waals surface area (Å²) in [6, 6.07) is 15.3. The van der Waals surface area contributed by atoms with Crippen molar-refractivity contribution in [3.05, 3.63) is 54.3 Å². The van der Waals surface area contributed by atoms with E-state index < -0.39 is 17.3 Å². The van der Waals surface area contributed by atoms with Gasteiger partial charge in [0.05, 0.1) is 13.1 Å². The fourth-order valence-electron chi connectivity index (χ4n) is 6.60. The summed E-state index contributed by atoms with van der Waals surface area (Å²) in [4.78, 5) is 28.0. The number of nitrogens with two attached hydrogens (primary N) is 1. The highest BCUT2D eigenvalue weighted by Crippen LogP contribution is 2.40. The molecule has 3 aliphatic heterocycles. The van der Waals surface area contributed by atoms with Crippen LogP contribution in [-0.2, 0) is 4.79 Å². The van der Waals surface area contributed by atoms with E-state index in [1.807, 2.05) is 54.2 Å². The van der Waals surface area contributed by atoms with Crippen LogP contribution < -0.4 is 20.9 Å². The molecule has 2 unspecified atom stereocenters. The van der Waals surface area contributed by atoms with E-state index in [1.54, 1.807) is 18.2 Å². The number of likely N-dealkylation sites (N-methyl/N-ethyl adjacent to an activating group) is 1. The summed E-state index contributed by atoms with van der Waals surface area (Å²) >= 11 is 0. The summed E-state index contributed by atoms with van der Waals surface area (Å²) in [5.74, 6) is 0.277. The Balaban J connectivity index is 1.39. The summed E-state index contributed by atoms with van der Waals surface area (Å²) in [6.45, 7) is 2.22. The molecule has 3 aromatic carbocycles. The molecule has 4 aromatic rings. The van der Waals surface area contributed by atoms with Crippen molar-refractivity contribution in [3.63, 3.8) is 0 Å². The van der Waals surface area contributed by atoms with Gasteiger partial charge in [-0.05, 0) is 61.5 Å². The molecule has 1 amide bonds. The van der Waals surface area contributed by atoms with Gasteiger partial charge in [-0.1, -0.05) is 30.3 Å². The van der Waals surface area contributed by atoms with Crippen molar-refractivity contribution < 1.29 is 14.3 Å². The Morgan fingerprint density at radius 3 is 2.45 bits per heavy atom. The van der Waals surface area contributed by atoms with E-state index in [0.717, 1.165) is 36.7 Å². The summed E-state index contributed by atoms with van der Waals surface area (Å²) < 4.78 is 16.6. The number of rotatable bonds is 5. The fraction of sp³-hybridized carbons (Fsp3) is 0.367. The number of piperazine rings is 1. The van der Waals surface area contributed by atoms with Gasteiger partial charge in [-0.2, -0.15) is 4.98 Å². The number of nitrogens with zero attached hydrogens (tertiary/aromatic N) is 5. The lowest BCUT2D eigenvalue weighted by molar-refractivity contribution is -0.130. The number of phenolic OH excluding ortho intramolecular Hbond substituents is 1. The average molecular weight is 542 g/mol. The number of aromatic hydroxyl groups is 1. The quantitative estimate of drug-likeness (QED) is 0.354. The lowest BCUT2D eigenvalue weighted by Gasteiger charge is -2.51. The molecule has 4 heterocycles. The number of halogens is 1. The summed E-state index contributed by atoms with van der Waals surface area (Å²) in [5, 5.41) is 16.4. The van der Waals surface area contributed by atoms with E-state index in [-0.39, 0.29) is 11.3 Å². The lowest BCUT2D eigenvalue weighted by atomic mass is 9.88. The van der Waals surface area contributed by atoms with E-state index in [0.29, 0.717) is 53.5 Å². The predicted octanol–water partition coefficient (Wildman–Crippen LogP) is 2.84. The first-order valence-corrected chi connectivity index (χ1v) is 13.7. The molecule has 2 bridgehead atoms. The third kappa shape index (κ3) is 3.77. The van der Waals surface area contributed by atoms with Crippen LogP contribution in [0.5, 0.6) is 5.75 Å². The first-order chi connectivity index (χ1) is 19.2. The summed E-state index contributed by atoms with van der Waals surface area (Å²) in [5.41, 5.74) is 6.12. The molecule has 10 heteroatoms. The Kier molecular flexibility index (Phi) is 5.62. The smallest absolute Gasteiger partial charge is 0.241 e. The molecule has 0 radical (unpaired) electrons. The molecule has 1 aromatic heterocycles. The molecule has 2 atom stereocenters. The van der Waals surface area contributed by atoms with Crippen LogP contribution in [0.2, 0.25) is 0 Å². The second-order valence-electron chi connectivity index (χ2n) is 11.6. The minimum Gasteiger partial charge on any atom is -0.508 e. The number of phenols is 1. The van der Waals surface area contributed by atoms with Crippen LogP contribution in [0.4, 0.5) is 16.2 Å². The van der Waals surface area contributed by atoms with Gasteiger partial charge in [-0.25, -0.2) is 9.37 Å². The molecule has 7 rings (SSSR count). The first-order valence-electron chi connectivity index (χ1n) is 13.7. The Labute approximate surface area is 231 Å². The van der Waals surface area contributed by atoms with Gasteiger partial charge in [0.25, 0.3) is 0 Å². The molecule has 3 fully saturated rings. The van der Waals surface area contributed by atoms with E-state index in [2.05, 4.69) is 10.2 Å². The minimum absolute atomic E-state index is 0.0700. The second kappa shape index (κ2) is 9.00. The number of nitrogens with one attached hydrogen (secondary N) is 1. The molecule has 0 saturated carbocycles. The average Bonchev–Trinajstić information content (AvgIpc) is 3.24. The third-order valence-electron chi connectivity index (χ3n) is 8.93. The molecule has 4 N–H and O–H groups in total. The predicted molar refractivity (Wildman–Crippen MR) is 154 cm³/mol. The number of hydrogen-bond acceptors (Lipinski definition) is 8. The Hall–Kier alpha value is -4.02. The maximum Gasteiger partial charge on any atom is 0.241 e. The lowest BCUT2D eigenvalue weighted by Crippen LogP contribution is -2.74. The van der Waals surface area contributed by atoms with Gasteiger partial charge >= 0.3 is 0 Å². The zero-order valence-electron chi connectivity index (χ0n) is 22.6. The number of primary amides is 1. The molecule has 0 aliphatic carbocycles. The molecule has 0 spiro atoms. The maximum absolute atomic E-state index is 16.6. The van der Waals surface area contributed by atoms with Crippen molar-refractivity contribution in [3.8, 4) is 16.9 Å². The van der Waals surface area contributed by atoms with Crippen molar-refractivity contribution >= 4 is 39.3 Å². The van der Waals surface area contributed by atoms with Crippen LogP contribution in [0.15, 0.2) is 48.5 Å². The SMILES string of the molecule is CN(C)C1(C(N)=O)CN(c2nc(N3CC4CCC(C3)N4)c3ccc(-c4cc(O)cc5ccccc45)c(F)c3n2)C1. The van der Waals surface area contributed by atoms with Crippen molar-refractivity contribution in [1.82, 2.24) is 20.2 Å². The van der Waals surface area contributed by atoms with Gasteiger partial charge in [0, 0.05) is 36.1 Å². The van der Waals surface area contributed by atoms with Crippen molar-refractivity contribution in [2.24, 2.45) is 5.73 Å². The largest absolute Gasteiger partial charge is 0.508 e. The van der Waals surface area contributed by atoms with Crippen LogP contribution in [-0.4, -0.2) is 83.8 Å². The Morgan fingerprint density at radius 1 is 1.02 bits per heavy atom. The minimum atomic E-state index is -0.826. The van der Waals surface area contributed by atoms with Crippen LogP contribution in [0.25, 0.3) is 32.8 Å². The molecular weight excluding hydrogens is 509 g/mol. The molecule has 3 aliphatic rings. The summed E-state index contributed by atoms with van der Waals surface area (Å²) in [7, 11) is 3.66. The fourth-order valence-corrected chi connectivity index (χ4v) is 6.60. The van der Waals surface area contributed by atoms with Crippen LogP contribution >= 0.6 is 0 Å². The monoisotopic (exact) mass is 541 g/mol. The van der Waals surface area contributed by atoms with Crippen LogP contribution in [0.3, 0.4) is 0 Å². The van der Waals surface area contributed by atoms with Crippen molar-refractivity contribution in [2.75, 3.05) is 50.1 Å². The Morgan fingerprint density at radius 2 is 1.75 bits per heavy atom. The van der Waals surface area contributed by atoms with Crippen LogP contribution in [0.1, 0.15) is 12.8 Å². The molecule has 3 saturated heterocycles. The van der Waals surface area contributed by atoms with Gasteiger partial charge < -0.3 is 26.0 Å². The van der Waals surface area contributed by atoms with E-state index >= 15 is 4.39 Å². The van der Waals surface area contributed by atoms with Crippen LogP contribution in [0, 0.1) is 5.82 Å². The molecule has 40 heavy (non-hydrogen) atoms. The molecule has 9 nitrogen and oxygen atoms in total. The number of amides is 1. The van der Waals surface area contributed by atoms with E-state index in [9.17, 15) is 9.90 Å². The number of fused-ring (bicyclic) bond motifs is 4. The standard InChI is InChI=1S/C30H32FN7O2/c1-36(2)30(28(32)40)15-38(16-30)29-34-26-23(27(35-29)37-13-18-7-8-19(14-37)33-18)10-9-22(25(26)31)24-12-20(39)11-17-5-3-4-6-21(17)24/h3-6,9-12,18-19,33,39H,7-8,13-16H2,1-2H3,(H2,32,40). The number of aromatic nitrogens is 2. The van der Waals surface area contributed by atoms with Gasteiger partial charge in [-0.15, -0.1) is 0 Å². The highest BCUT2D eigenvalue weighted by molar-refractivity contribution is 6.01. The van der Waals surface area contributed by atoms with E-state index in [1.165, 1.54) is 0 Å². The number of carbonyl (C=O) groups is 1. The molecular formula is C30H32FN7O2. The van der Waals surface area contributed by atoms with Gasteiger partial charge in [-0.3, -0.25) is 9.69 Å². The number of anilines is 2. The zero-order valence-corrected chi connectivity index (χ0v) is 22.6. The Bertz CT molecular complexity index is 1660. The van der Waals surface area contributed by atoms with Gasteiger partial charge in [0.1, 0.15) is 22.6 Å². The molecule has 206 valence electrons. The number of carbonyl (C=O) groups excluding carboxylic acids is 1. The van der Waals surface area contributed by atoms with E-state index in [4.69, 9.17) is 15.7 Å². The first kappa shape index (κ1) is 25.0. The highest BCUT2D eigenvalue weighted by atomic mass is 19.1. The third-order valence-corrected chi connectivity index (χ3v) is 8.93. The summed E-state index contributed by atoms with van der Waals surface area (Å²) in [6.07, 6.45) is 2.21. The van der Waals surface area contributed by atoms with Crippen molar-refractivity contribution in [2.45, 2.75) is 30.5 Å². The zero-order chi connectivity index (χ0) is 27.8. The number of hydrogen-bond donors (Lipinski definition) is 3. The van der Waals surface area contributed by atoms with Crippen molar-refractivity contribution in [1.29, 1.82) is 0 Å². The highest BCUT2D eigenvalue weighted by Gasteiger charge is 2.51. The van der Waals surface area contributed by atoms with Gasteiger partial charge in [0.15, 0.2) is 5.82 Å². The maximum atomic E-state index is 16.6.